The van der Waals surface area contributed by atoms with Crippen LogP contribution in [-0.2, 0) is 6.42 Å². The summed E-state index contributed by atoms with van der Waals surface area (Å²) in [7, 11) is 0. The van der Waals surface area contributed by atoms with Gasteiger partial charge in [-0.2, -0.15) is 0 Å². The molecule has 1 aromatic heterocycles. The van der Waals surface area contributed by atoms with Crippen LogP contribution in [0.25, 0.3) is 16.7 Å². The molecule has 3 aromatic rings. The van der Waals surface area contributed by atoms with Gasteiger partial charge in [0, 0.05) is 34.9 Å². The molecule has 0 amide bonds. The number of hydrogen-bond acceptors (Lipinski definition) is 3. The van der Waals surface area contributed by atoms with Gasteiger partial charge >= 0.3 is 0 Å². The molecule has 0 fully saturated rings. The van der Waals surface area contributed by atoms with Crippen molar-refractivity contribution in [3.8, 4) is 0 Å². The molecule has 27 heavy (non-hydrogen) atoms. The number of benzene rings is 2. The van der Waals surface area contributed by atoms with E-state index in [9.17, 15) is 5.11 Å². The van der Waals surface area contributed by atoms with Crippen LogP contribution in [0.4, 0.5) is 5.82 Å². The summed E-state index contributed by atoms with van der Waals surface area (Å²) in [6.07, 6.45) is 0.544. The Kier molecular flexibility index (Phi) is 5.93. The van der Waals surface area contributed by atoms with E-state index < -0.39 is 0 Å². The first-order chi connectivity index (χ1) is 13.0. The van der Waals surface area contributed by atoms with Gasteiger partial charge in [-0.15, -0.1) is 0 Å². The number of aromatic nitrogens is 1. The summed E-state index contributed by atoms with van der Waals surface area (Å²) in [4.78, 5) is 6.93. The van der Waals surface area contributed by atoms with Crippen molar-refractivity contribution in [2.75, 3.05) is 18.0 Å². The van der Waals surface area contributed by atoms with Gasteiger partial charge in [-0.3, -0.25) is 0 Å². The minimum Gasteiger partial charge on any atom is -0.508 e. The second-order valence-electron chi connectivity index (χ2n) is 6.34. The predicted molar refractivity (Wildman–Crippen MR) is 116 cm³/mol. The molecule has 0 aliphatic heterocycles. The van der Waals surface area contributed by atoms with Gasteiger partial charge in [0.15, 0.2) is 0 Å². The molecule has 0 aliphatic carbocycles. The van der Waals surface area contributed by atoms with Crippen LogP contribution in [0.1, 0.15) is 30.5 Å². The predicted octanol–water partition coefficient (Wildman–Crippen LogP) is 6.51. The fraction of sp³-hybridized carbons (Fsp3) is 0.227. The first kappa shape index (κ1) is 19.5. The molecule has 1 N–H and O–H groups in total. The first-order valence-electron chi connectivity index (χ1n) is 8.95. The maximum absolute atomic E-state index is 10.5. The molecule has 0 saturated heterocycles. The summed E-state index contributed by atoms with van der Waals surface area (Å²) < 4.78 is 0. The largest absolute Gasteiger partial charge is 0.508 e. The summed E-state index contributed by atoms with van der Waals surface area (Å²) in [6, 6.07) is 13.3. The van der Waals surface area contributed by atoms with Crippen molar-refractivity contribution in [1.82, 2.24) is 4.98 Å². The lowest BCUT2D eigenvalue weighted by molar-refractivity contribution is 0.512. The molecule has 1 heterocycles. The normalized spacial score (nSPS) is 11.0. The minimum atomic E-state index is -0.00618. The molecule has 140 valence electrons. The van der Waals surface area contributed by atoms with Gasteiger partial charge in [-0.05, 0) is 49.2 Å². The van der Waals surface area contributed by atoms with Crippen molar-refractivity contribution in [2.24, 2.45) is 0 Å². The minimum absolute atomic E-state index is 0.00618. The van der Waals surface area contributed by atoms with Crippen molar-refractivity contribution in [3.05, 3.63) is 75.8 Å². The summed E-state index contributed by atoms with van der Waals surface area (Å²) in [5.74, 6) is 0.720. The molecule has 0 atom stereocenters. The third-order valence-electron chi connectivity index (χ3n) is 4.71. The molecule has 3 nitrogen and oxygen atoms in total. The summed E-state index contributed by atoms with van der Waals surface area (Å²) in [5.41, 5.74) is 3.37. The van der Waals surface area contributed by atoms with Gasteiger partial charge < -0.3 is 10.0 Å². The summed E-state index contributed by atoms with van der Waals surface area (Å²) >= 11 is 12.7. The molecule has 0 aliphatic rings. The number of fused-ring (bicyclic) bond motifs is 1. The Labute approximate surface area is 169 Å². The van der Waals surface area contributed by atoms with E-state index in [0.717, 1.165) is 40.9 Å². The first-order valence-corrected chi connectivity index (χ1v) is 9.70. The van der Waals surface area contributed by atoms with E-state index >= 15 is 0 Å². The molecular weight excluding hydrogens is 379 g/mol. The molecule has 2 aromatic carbocycles. The van der Waals surface area contributed by atoms with Gasteiger partial charge in [-0.1, -0.05) is 48.0 Å². The van der Waals surface area contributed by atoms with Crippen LogP contribution >= 0.6 is 23.2 Å². The lowest BCUT2D eigenvalue weighted by atomic mass is 9.94. The highest BCUT2D eigenvalue weighted by atomic mass is 35.5. The van der Waals surface area contributed by atoms with E-state index in [0.29, 0.717) is 22.0 Å². The van der Waals surface area contributed by atoms with Gasteiger partial charge in [-0.25, -0.2) is 4.98 Å². The van der Waals surface area contributed by atoms with Crippen molar-refractivity contribution in [3.63, 3.8) is 0 Å². The number of pyridine rings is 1. The van der Waals surface area contributed by atoms with Crippen LogP contribution in [0.15, 0.2) is 49.0 Å². The lowest BCUT2D eigenvalue weighted by Gasteiger charge is -2.25. The fourth-order valence-corrected chi connectivity index (χ4v) is 3.73. The Morgan fingerprint density at radius 2 is 1.81 bits per heavy atom. The number of halogens is 2. The monoisotopic (exact) mass is 400 g/mol. The topological polar surface area (TPSA) is 36.4 Å². The summed E-state index contributed by atoms with van der Waals surface area (Å²) in [6.45, 7) is 9.49. The highest BCUT2D eigenvalue weighted by molar-refractivity contribution is 6.31. The molecule has 0 radical (unpaired) electrons. The highest BCUT2D eigenvalue weighted by Gasteiger charge is 2.21. The Balaban J connectivity index is 2.35. The number of nitrogens with zero attached hydrogens (tertiary/aromatic N) is 2. The van der Waals surface area contributed by atoms with Crippen molar-refractivity contribution >= 4 is 45.7 Å². The Bertz CT molecular complexity index is 997. The zero-order valence-corrected chi connectivity index (χ0v) is 17.0. The average molecular weight is 401 g/mol. The number of aliphatic hydroxyl groups excluding tert-OH is 1. The quantitative estimate of drug-likeness (QED) is 0.479. The van der Waals surface area contributed by atoms with Crippen molar-refractivity contribution in [1.29, 1.82) is 0 Å². The molecule has 3 rings (SSSR count). The van der Waals surface area contributed by atoms with Gasteiger partial charge in [0.05, 0.1) is 11.1 Å². The van der Waals surface area contributed by atoms with E-state index in [2.05, 4.69) is 25.3 Å². The summed E-state index contributed by atoms with van der Waals surface area (Å²) in [5, 5.41) is 12.7. The average Bonchev–Trinajstić information content (AvgIpc) is 2.64. The van der Waals surface area contributed by atoms with Crippen LogP contribution in [0.5, 0.6) is 0 Å². The van der Waals surface area contributed by atoms with E-state index in [-0.39, 0.29) is 5.76 Å². The van der Waals surface area contributed by atoms with Crippen LogP contribution < -0.4 is 4.90 Å². The van der Waals surface area contributed by atoms with Crippen LogP contribution in [-0.4, -0.2) is 23.2 Å². The van der Waals surface area contributed by atoms with Crippen molar-refractivity contribution < 1.29 is 5.11 Å². The third kappa shape index (κ3) is 3.90. The number of hydrogen-bond donors (Lipinski definition) is 1. The van der Waals surface area contributed by atoms with E-state index in [1.165, 1.54) is 0 Å². The second-order valence-corrected chi connectivity index (χ2v) is 7.18. The van der Waals surface area contributed by atoms with Crippen molar-refractivity contribution in [2.45, 2.75) is 20.3 Å². The fourth-order valence-electron chi connectivity index (χ4n) is 3.36. The Morgan fingerprint density at radius 3 is 2.44 bits per heavy atom. The van der Waals surface area contributed by atoms with Gasteiger partial charge in [0.25, 0.3) is 0 Å². The van der Waals surface area contributed by atoms with E-state index in [1.54, 1.807) is 0 Å². The van der Waals surface area contributed by atoms with Gasteiger partial charge in [0.2, 0.25) is 0 Å². The van der Waals surface area contributed by atoms with Crippen LogP contribution in [0.2, 0.25) is 10.0 Å². The Morgan fingerprint density at radius 1 is 1.11 bits per heavy atom. The zero-order valence-electron chi connectivity index (χ0n) is 15.5. The standard InChI is InChI=1S/C22H22Cl2N2O/c1-4-26(5-2)22-21(14(3)27)18(12-15-8-6-7-9-19(15)24)17-13-16(23)10-11-20(17)25-22/h6-11,13,27H,3-5,12H2,1-2H3. The van der Waals surface area contributed by atoms with Gasteiger partial charge in [0.1, 0.15) is 11.6 Å². The van der Waals surface area contributed by atoms with Crippen LogP contribution in [0.3, 0.4) is 0 Å². The smallest absolute Gasteiger partial charge is 0.140 e. The number of aliphatic hydroxyl groups is 1. The molecular formula is C22H22Cl2N2O. The molecule has 5 heteroatoms. The van der Waals surface area contributed by atoms with Crippen LogP contribution in [0, 0.1) is 0 Å². The molecule has 0 saturated carbocycles. The maximum atomic E-state index is 10.5. The third-order valence-corrected chi connectivity index (χ3v) is 5.32. The molecule has 0 unspecified atom stereocenters. The van der Waals surface area contributed by atoms with E-state index in [1.807, 2.05) is 42.5 Å². The number of anilines is 1. The Hall–Kier alpha value is -2.23. The zero-order chi connectivity index (χ0) is 19.6. The van der Waals surface area contributed by atoms with E-state index in [4.69, 9.17) is 28.2 Å². The second kappa shape index (κ2) is 8.20. The molecule has 0 spiro atoms. The molecule has 0 bridgehead atoms. The maximum Gasteiger partial charge on any atom is 0.140 e. The number of rotatable bonds is 6. The highest BCUT2D eigenvalue weighted by Crippen LogP contribution is 2.36. The SMILES string of the molecule is C=C(O)c1c(N(CC)CC)nc2ccc(Cl)cc2c1Cc1ccccc1Cl. The lowest BCUT2D eigenvalue weighted by Crippen LogP contribution is -2.25.